The maximum absolute atomic E-state index is 11.5. The molecule has 5 heteroatoms. The number of aromatic hydroxyl groups is 1. The van der Waals surface area contributed by atoms with Crippen molar-refractivity contribution in [1.82, 2.24) is 0 Å². The topological polar surface area (TPSA) is 58.6 Å². The van der Waals surface area contributed by atoms with Crippen LogP contribution in [0.5, 0.6) is 5.75 Å². The van der Waals surface area contributed by atoms with Gasteiger partial charge in [0, 0.05) is 12.1 Å². The minimum atomic E-state index is -0.424. The fourth-order valence-corrected chi connectivity index (χ4v) is 1.94. The summed E-state index contributed by atoms with van der Waals surface area (Å²) in [5, 5.41) is 13.3. The number of ether oxygens (including phenoxy) is 1. The highest BCUT2D eigenvalue weighted by Crippen LogP contribution is 2.25. The summed E-state index contributed by atoms with van der Waals surface area (Å²) in [6, 6.07) is 11.9. The summed E-state index contributed by atoms with van der Waals surface area (Å²) in [6.45, 7) is 0.400. The second kappa shape index (κ2) is 6.30. The molecule has 2 N–H and O–H groups in total. The van der Waals surface area contributed by atoms with E-state index in [1.54, 1.807) is 36.4 Å². The van der Waals surface area contributed by atoms with E-state index in [4.69, 9.17) is 11.6 Å². The quantitative estimate of drug-likeness (QED) is 0.847. The second-order valence-corrected chi connectivity index (χ2v) is 4.58. The van der Waals surface area contributed by atoms with Crippen LogP contribution in [0.25, 0.3) is 0 Å². The first kappa shape index (κ1) is 14.2. The molecule has 0 aliphatic rings. The molecule has 0 aromatic heterocycles. The average molecular weight is 292 g/mol. The molecule has 2 aromatic carbocycles. The number of phenols is 1. The molecule has 0 fully saturated rings. The van der Waals surface area contributed by atoms with Gasteiger partial charge in [-0.05, 0) is 24.3 Å². The van der Waals surface area contributed by atoms with Crippen molar-refractivity contribution in [3.8, 4) is 5.75 Å². The Bertz CT molecular complexity index is 628. The lowest BCUT2D eigenvalue weighted by Crippen LogP contribution is -2.04. The number of rotatable bonds is 4. The Morgan fingerprint density at radius 3 is 2.75 bits per heavy atom. The monoisotopic (exact) mass is 291 g/mol. The minimum absolute atomic E-state index is 0.209. The molecule has 0 aliphatic heterocycles. The van der Waals surface area contributed by atoms with Crippen molar-refractivity contribution < 1.29 is 14.6 Å². The highest BCUT2D eigenvalue weighted by atomic mass is 35.5. The van der Waals surface area contributed by atoms with Crippen LogP contribution in [0.2, 0.25) is 5.02 Å². The van der Waals surface area contributed by atoms with E-state index in [0.29, 0.717) is 22.8 Å². The number of hydrogen-bond acceptors (Lipinski definition) is 4. The highest BCUT2D eigenvalue weighted by Gasteiger charge is 2.09. The number of halogens is 1. The van der Waals surface area contributed by atoms with Gasteiger partial charge in [0.1, 0.15) is 5.75 Å². The average Bonchev–Trinajstić information content (AvgIpc) is 2.47. The third kappa shape index (κ3) is 3.22. The van der Waals surface area contributed by atoms with Crippen molar-refractivity contribution in [2.75, 3.05) is 12.4 Å². The third-order valence-electron chi connectivity index (χ3n) is 2.85. The van der Waals surface area contributed by atoms with Gasteiger partial charge in [0.25, 0.3) is 0 Å². The molecule has 0 saturated heterocycles. The molecule has 4 nitrogen and oxygen atoms in total. The van der Waals surface area contributed by atoms with Crippen LogP contribution in [0.3, 0.4) is 0 Å². The first-order valence-corrected chi connectivity index (χ1v) is 6.38. The molecular weight excluding hydrogens is 278 g/mol. The highest BCUT2D eigenvalue weighted by molar-refractivity contribution is 6.33. The second-order valence-electron chi connectivity index (χ2n) is 4.17. The summed E-state index contributed by atoms with van der Waals surface area (Å²) in [5.74, 6) is -0.215. The van der Waals surface area contributed by atoms with E-state index < -0.39 is 5.97 Å². The fraction of sp³-hybridized carbons (Fsp3) is 0.133. The maximum Gasteiger partial charge on any atom is 0.337 e. The number of nitrogens with one attached hydrogen (secondary N) is 1. The van der Waals surface area contributed by atoms with Crippen molar-refractivity contribution in [2.24, 2.45) is 0 Å². The molecule has 0 unspecified atom stereocenters. The van der Waals surface area contributed by atoms with Gasteiger partial charge >= 0.3 is 5.97 Å². The zero-order chi connectivity index (χ0) is 14.5. The van der Waals surface area contributed by atoms with Gasteiger partial charge in [0.15, 0.2) is 0 Å². The van der Waals surface area contributed by atoms with E-state index in [-0.39, 0.29) is 5.75 Å². The Morgan fingerprint density at radius 2 is 2.05 bits per heavy atom. The van der Waals surface area contributed by atoms with Crippen LogP contribution in [-0.4, -0.2) is 18.2 Å². The van der Waals surface area contributed by atoms with Crippen LogP contribution >= 0.6 is 11.6 Å². The van der Waals surface area contributed by atoms with Crippen LogP contribution in [-0.2, 0) is 11.3 Å². The number of carbonyl (C=O) groups excluding carboxylic acids is 1. The number of anilines is 1. The number of methoxy groups -OCH3 is 1. The predicted octanol–water partition coefficient (Wildman–Crippen LogP) is 3.44. The number of hydrogen-bond donors (Lipinski definition) is 2. The van der Waals surface area contributed by atoms with Crippen molar-refractivity contribution in [3.63, 3.8) is 0 Å². The van der Waals surface area contributed by atoms with Gasteiger partial charge in [-0.2, -0.15) is 0 Å². The largest absolute Gasteiger partial charge is 0.508 e. The number of phenolic OH excluding ortho intramolecular Hbond substituents is 1. The van der Waals surface area contributed by atoms with E-state index >= 15 is 0 Å². The van der Waals surface area contributed by atoms with Gasteiger partial charge in [-0.25, -0.2) is 4.79 Å². The lowest BCUT2D eigenvalue weighted by Gasteiger charge is -2.11. The first-order valence-electron chi connectivity index (χ1n) is 6.00. The molecule has 2 aromatic rings. The summed E-state index contributed by atoms with van der Waals surface area (Å²) in [5.41, 5.74) is 1.77. The van der Waals surface area contributed by atoms with E-state index in [1.807, 2.05) is 6.07 Å². The summed E-state index contributed by atoms with van der Waals surface area (Å²) in [7, 11) is 1.33. The van der Waals surface area contributed by atoms with Gasteiger partial charge in [-0.15, -0.1) is 0 Å². The SMILES string of the molecule is COC(=O)c1ccc(Cl)c(NCc2ccccc2O)c1. The zero-order valence-electron chi connectivity index (χ0n) is 10.9. The normalized spacial score (nSPS) is 10.1. The summed E-state index contributed by atoms with van der Waals surface area (Å²) < 4.78 is 4.66. The lowest BCUT2D eigenvalue weighted by molar-refractivity contribution is 0.0601. The molecule has 0 heterocycles. The molecule has 0 saturated carbocycles. The molecule has 0 bridgehead atoms. The van der Waals surface area contributed by atoms with Crippen molar-refractivity contribution in [3.05, 3.63) is 58.6 Å². The number of para-hydroxylation sites is 1. The molecular formula is C15H14ClNO3. The number of benzene rings is 2. The van der Waals surface area contributed by atoms with Crippen LogP contribution in [0.15, 0.2) is 42.5 Å². The molecule has 0 radical (unpaired) electrons. The Kier molecular flexibility index (Phi) is 4.48. The first-order chi connectivity index (χ1) is 9.61. The predicted molar refractivity (Wildman–Crippen MR) is 78.2 cm³/mol. The van der Waals surface area contributed by atoms with Gasteiger partial charge in [0.05, 0.1) is 23.4 Å². The Morgan fingerprint density at radius 1 is 1.30 bits per heavy atom. The summed E-state index contributed by atoms with van der Waals surface area (Å²) >= 11 is 6.07. The van der Waals surface area contributed by atoms with Crippen LogP contribution in [0, 0.1) is 0 Å². The number of carbonyl (C=O) groups is 1. The fourth-order valence-electron chi connectivity index (χ4n) is 1.76. The van der Waals surface area contributed by atoms with Crippen molar-refractivity contribution in [2.45, 2.75) is 6.54 Å². The standard InChI is InChI=1S/C15H14ClNO3/c1-20-15(19)10-6-7-12(16)13(8-10)17-9-11-4-2-3-5-14(11)18/h2-8,17-18H,9H2,1H3. The zero-order valence-corrected chi connectivity index (χ0v) is 11.6. The molecule has 0 amide bonds. The number of esters is 1. The molecule has 0 aliphatic carbocycles. The Balaban J connectivity index is 2.17. The molecule has 20 heavy (non-hydrogen) atoms. The molecule has 2 rings (SSSR count). The smallest absolute Gasteiger partial charge is 0.337 e. The third-order valence-corrected chi connectivity index (χ3v) is 3.18. The van der Waals surface area contributed by atoms with Gasteiger partial charge in [-0.1, -0.05) is 29.8 Å². The summed E-state index contributed by atoms with van der Waals surface area (Å²) in [6.07, 6.45) is 0. The lowest BCUT2D eigenvalue weighted by atomic mass is 10.1. The van der Waals surface area contributed by atoms with E-state index in [2.05, 4.69) is 10.1 Å². The van der Waals surface area contributed by atoms with Gasteiger partial charge < -0.3 is 15.2 Å². The van der Waals surface area contributed by atoms with E-state index in [9.17, 15) is 9.90 Å². The van der Waals surface area contributed by atoms with Crippen LogP contribution in [0.1, 0.15) is 15.9 Å². The van der Waals surface area contributed by atoms with Crippen molar-refractivity contribution >= 4 is 23.3 Å². The summed E-state index contributed by atoms with van der Waals surface area (Å²) in [4.78, 5) is 11.5. The molecule has 0 spiro atoms. The maximum atomic E-state index is 11.5. The van der Waals surface area contributed by atoms with E-state index in [1.165, 1.54) is 7.11 Å². The molecule has 0 atom stereocenters. The van der Waals surface area contributed by atoms with Crippen LogP contribution < -0.4 is 5.32 Å². The minimum Gasteiger partial charge on any atom is -0.508 e. The molecule has 104 valence electrons. The Labute approximate surface area is 122 Å². The Hall–Kier alpha value is -2.20. The van der Waals surface area contributed by atoms with Crippen molar-refractivity contribution in [1.29, 1.82) is 0 Å². The van der Waals surface area contributed by atoms with E-state index in [0.717, 1.165) is 5.56 Å². The van der Waals surface area contributed by atoms with Gasteiger partial charge in [0.2, 0.25) is 0 Å². The van der Waals surface area contributed by atoms with Crippen LogP contribution in [0.4, 0.5) is 5.69 Å². The van der Waals surface area contributed by atoms with Gasteiger partial charge in [-0.3, -0.25) is 0 Å².